The number of ether oxygens (including phenoxy) is 1. The van der Waals surface area contributed by atoms with Gasteiger partial charge in [0.05, 0.1) is 16.9 Å². The van der Waals surface area contributed by atoms with E-state index in [1.807, 2.05) is 17.0 Å². The van der Waals surface area contributed by atoms with Crippen LogP contribution in [0.3, 0.4) is 0 Å². The van der Waals surface area contributed by atoms with Crippen molar-refractivity contribution in [3.8, 4) is 0 Å². The Bertz CT molecular complexity index is 1490. The van der Waals surface area contributed by atoms with Gasteiger partial charge in [0.1, 0.15) is 0 Å². The van der Waals surface area contributed by atoms with E-state index in [4.69, 9.17) is 17.0 Å². The summed E-state index contributed by atoms with van der Waals surface area (Å²) >= 11 is 5.43. The molecule has 2 heterocycles. The molecule has 1 atom stereocenters. The summed E-state index contributed by atoms with van der Waals surface area (Å²) in [7, 11) is 1.63. The maximum absolute atomic E-state index is 13.6. The predicted molar refractivity (Wildman–Crippen MR) is 137 cm³/mol. The maximum atomic E-state index is 13.6. The van der Waals surface area contributed by atoms with Crippen molar-refractivity contribution in [1.29, 1.82) is 0 Å². The van der Waals surface area contributed by atoms with Crippen LogP contribution in [0.5, 0.6) is 0 Å². The van der Waals surface area contributed by atoms with E-state index in [1.165, 1.54) is 16.3 Å². The van der Waals surface area contributed by atoms with Crippen molar-refractivity contribution in [3.05, 3.63) is 86.9 Å². The molecule has 0 aliphatic carbocycles. The number of nitrogens with one attached hydrogen (secondary N) is 1. The van der Waals surface area contributed by atoms with Crippen LogP contribution in [-0.4, -0.2) is 40.6 Å². The van der Waals surface area contributed by atoms with E-state index in [1.54, 1.807) is 29.9 Å². The van der Waals surface area contributed by atoms with E-state index in [0.717, 1.165) is 12.8 Å². The molecule has 3 aromatic carbocycles. The van der Waals surface area contributed by atoms with Crippen LogP contribution in [0.2, 0.25) is 0 Å². The predicted octanol–water partition coefficient (Wildman–Crippen LogP) is 5.23. The van der Waals surface area contributed by atoms with Crippen LogP contribution in [0.4, 0.5) is 0 Å². The lowest BCUT2D eigenvalue weighted by Crippen LogP contribution is -2.31. The highest BCUT2D eigenvalue weighted by Gasteiger charge is 2.31. The lowest BCUT2D eigenvalue weighted by atomic mass is 9.97. The van der Waals surface area contributed by atoms with Crippen molar-refractivity contribution < 1.29 is 9.53 Å². The minimum absolute atomic E-state index is 0.0269. The van der Waals surface area contributed by atoms with E-state index >= 15 is 0 Å². The summed E-state index contributed by atoms with van der Waals surface area (Å²) in [5.74, 6) is -0.0269. The van der Waals surface area contributed by atoms with Crippen LogP contribution in [0, 0.1) is 4.77 Å². The van der Waals surface area contributed by atoms with Gasteiger partial charge in [0, 0.05) is 32.4 Å². The molecule has 1 fully saturated rings. The average molecular weight is 474 g/mol. The van der Waals surface area contributed by atoms with E-state index in [2.05, 4.69) is 35.3 Å². The zero-order valence-electron chi connectivity index (χ0n) is 19.1. The number of hydrogen-bond acceptors (Lipinski definition) is 4. The Morgan fingerprint density at radius 2 is 1.94 bits per heavy atom. The Balaban J connectivity index is 1.48. The molecule has 0 radical (unpaired) electrons. The molecule has 34 heavy (non-hydrogen) atoms. The molecule has 1 N–H and O–H groups in total. The summed E-state index contributed by atoms with van der Waals surface area (Å²) in [6.45, 7) is 1.75. The Kier molecular flexibility index (Phi) is 6.30. The standard InChI is InChI=1S/C27H27N3O3S/c1-33-16-6-15-30-26(32)22-13-12-19(17-23(22)28-27(30)34)25(31)29-14-5-11-24(29)21-10-4-8-18-7-2-3-9-20(18)21/h2-4,7-10,12-13,17,24H,5-6,11,14-16H2,1H3,(H,28,34). The fraction of sp³-hybridized carbons (Fsp3) is 0.296. The molecule has 1 amide bonds. The average Bonchev–Trinajstić information content (AvgIpc) is 3.34. The van der Waals surface area contributed by atoms with Crippen molar-refractivity contribution in [2.24, 2.45) is 0 Å². The fourth-order valence-electron chi connectivity index (χ4n) is 5.00. The number of methoxy groups -OCH3 is 1. The first-order valence-corrected chi connectivity index (χ1v) is 12.0. The number of likely N-dealkylation sites (tertiary alicyclic amines) is 1. The van der Waals surface area contributed by atoms with Crippen LogP contribution in [0.15, 0.2) is 65.5 Å². The molecular weight excluding hydrogens is 446 g/mol. The van der Waals surface area contributed by atoms with Crippen molar-refractivity contribution in [2.45, 2.75) is 31.8 Å². The van der Waals surface area contributed by atoms with Gasteiger partial charge in [0.2, 0.25) is 0 Å². The summed E-state index contributed by atoms with van der Waals surface area (Å²) in [5, 5.41) is 2.89. The first-order chi connectivity index (χ1) is 16.6. The molecule has 4 aromatic rings. The molecule has 1 aliphatic rings. The molecule has 7 heteroatoms. The first-order valence-electron chi connectivity index (χ1n) is 11.6. The number of benzene rings is 3. The van der Waals surface area contributed by atoms with Crippen molar-refractivity contribution in [2.75, 3.05) is 20.3 Å². The van der Waals surface area contributed by atoms with Gasteiger partial charge in [-0.25, -0.2) is 0 Å². The Morgan fingerprint density at radius 1 is 1.12 bits per heavy atom. The van der Waals surface area contributed by atoms with Crippen LogP contribution >= 0.6 is 12.2 Å². The van der Waals surface area contributed by atoms with Gasteiger partial charge in [-0.2, -0.15) is 0 Å². The lowest BCUT2D eigenvalue weighted by Gasteiger charge is -2.26. The summed E-state index contributed by atoms with van der Waals surface area (Å²) < 4.78 is 6.99. The number of carbonyl (C=O) groups is 1. The van der Waals surface area contributed by atoms with Crippen molar-refractivity contribution in [3.63, 3.8) is 0 Å². The number of aromatic amines is 1. The fourth-order valence-corrected chi connectivity index (χ4v) is 5.28. The summed E-state index contributed by atoms with van der Waals surface area (Å²) in [5.41, 5.74) is 2.18. The molecular formula is C27H27N3O3S. The SMILES string of the molecule is COCCCn1c(=S)[nH]c2cc(C(=O)N3CCCC3c3cccc4ccccc34)ccc2c1=O. The minimum atomic E-state index is -0.149. The van der Waals surface area contributed by atoms with Gasteiger partial charge in [0.15, 0.2) is 4.77 Å². The van der Waals surface area contributed by atoms with Crippen LogP contribution in [0.25, 0.3) is 21.7 Å². The number of H-pyrrole nitrogens is 1. The van der Waals surface area contributed by atoms with Crippen molar-refractivity contribution in [1.82, 2.24) is 14.5 Å². The number of carbonyl (C=O) groups excluding carboxylic acids is 1. The number of fused-ring (bicyclic) bond motifs is 2. The topological polar surface area (TPSA) is 67.3 Å². The highest BCUT2D eigenvalue weighted by molar-refractivity contribution is 7.71. The van der Waals surface area contributed by atoms with Gasteiger partial charge in [-0.3, -0.25) is 14.2 Å². The summed E-state index contributed by atoms with van der Waals surface area (Å²) in [4.78, 5) is 31.7. The van der Waals surface area contributed by atoms with E-state index < -0.39 is 0 Å². The molecule has 5 rings (SSSR count). The molecule has 1 aromatic heterocycles. The number of hydrogen-bond donors (Lipinski definition) is 1. The van der Waals surface area contributed by atoms with Gasteiger partial charge in [-0.15, -0.1) is 0 Å². The van der Waals surface area contributed by atoms with Gasteiger partial charge < -0.3 is 14.6 Å². The summed E-state index contributed by atoms with van der Waals surface area (Å²) in [6, 6.07) is 19.9. The second-order valence-electron chi connectivity index (χ2n) is 8.72. The zero-order chi connectivity index (χ0) is 23.7. The second-order valence-corrected chi connectivity index (χ2v) is 9.11. The third-order valence-electron chi connectivity index (χ3n) is 6.66. The Morgan fingerprint density at radius 3 is 2.79 bits per heavy atom. The van der Waals surface area contributed by atoms with Crippen LogP contribution in [0.1, 0.15) is 41.2 Å². The van der Waals surface area contributed by atoms with Gasteiger partial charge in [-0.05, 0) is 66.0 Å². The quantitative estimate of drug-likeness (QED) is 0.308. The van der Waals surface area contributed by atoms with Gasteiger partial charge in [0.25, 0.3) is 11.5 Å². The number of aromatic nitrogens is 2. The number of rotatable bonds is 6. The van der Waals surface area contributed by atoms with Crippen LogP contribution < -0.4 is 5.56 Å². The zero-order valence-corrected chi connectivity index (χ0v) is 19.9. The summed E-state index contributed by atoms with van der Waals surface area (Å²) in [6.07, 6.45) is 2.59. The lowest BCUT2D eigenvalue weighted by molar-refractivity contribution is 0.0736. The smallest absolute Gasteiger partial charge is 0.262 e. The van der Waals surface area contributed by atoms with E-state index in [9.17, 15) is 9.59 Å². The monoisotopic (exact) mass is 473 g/mol. The molecule has 1 unspecified atom stereocenters. The van der Waals surface area contributed by atoms with Crippen LogP contribution in [-0.2, 0) is 11.3 Å². The van der Waals surface area contributed by atoms with Gasteiger partial charge in [-0.1, -0.05) is 42.5 Å². The first kappa shape index (κ1) is 22.5. The van der Waals surface area contributed by atoms with Crippen molar-refractivity contribution >= 4 is 39.8 Å². The Labute approximate surface area is 202 Å². The third kappa shape index (κ3) is 4.06. The second kappa shape index (κ2) is 9.52. The number of amides is 1. The molecule has 0 spiro atoms. The highest BCUT2D eigenvalue weighted by atomic mass is 32.1. The largest absolute Gasteiger partial charge is 0.385 e. The highest BCUT2D eigenvalue weighted by Crippen LogP contribution is 2.37. The number of nitrogens with zero attached hydrogens (tertiary/aromatic N) is 2. The van der Waals surface area contributed by atoms with E-state index in [-0.39, 0.29) is 17.5 Å². The molecule has 1 aliphatic heterocycles. The minimum Gasteiger partial charge on any atom is -0.385 e. The third-order valence-corrected chi connectivity index (χ3v) is 6.98. The normalized spacial score (nSPS) is 15.9. The van der Waals surface area contributed by atoms with E-state index in [0.29, 0.717) is 47.4 Å². The molecule has 0 bridgehead atoms. The maximum Gasteiger partial charge on any atom is 0.262 e. The molecule has 0 saturated carbocycles. The Hall–Kier alpha value is -3.29. The molecule has 174 valence electrons. The molecule has 1 saturated heterocycles. The molecule has 6 nitrogen and oxygen atoms in total. The van der Waals surface area contributed by atoms with Gasteiger partial charge >= 0.3 is 0 Å².